The minimum Gasteiger partial charge on any atom is -0.383 e. The molecule has 0 radical (unpaired) electrons. The van der Waals surface area contributed by atoms with Crippen LogP contribution in [0.2, 0.25) is 0 Å². The van der Waals surface area contributed by atoms with Gasteiger partial charge in [-0.3, -0.25) is 4.79 Å². The number of ether oxygens (including phenoxy) is 1. The standard InChI is InChI=1S/C19H20N2O2/c1-23-13-18-11-17(20)12-21(18)19(22)16-9-7-15(8-10-16)14-5-3-2-4-6-14/h2-10,18,20H,11-13H2,1H3. The molecule has 118 valence electrons. The summed E-state index contributed by atoms with van der Waals surface area (Å²) < 4.78 is 5.18. The van der Waals surface area contributed by atoms with Crippen molar-refractivity contribution in [1.29, 1.82) is 5.41 Å². The maximum absolute atomic E-state index is 12.7. The summed E-state index contributed by atoms with van der Waals surface area (Å²) in [5.74, 6) is -0.0334. The normalized spacial score (nSPS) is 17.5. The van der Waals surface area contributed by atoms with E-state index < -0.39 is 0 Å². The number of hydrogen-bond acceptors (Lipinski definition) is 3. The van der Waals surface area contributed by atoms with E-state index in [9.17, 15) is 4.79 Å². The molecular formula is C19H20N2O2. The number of rotatable bonds is 4. The highest BCUT2D eigenvalue weighted by Gasteiger charge is 2.32. The molecule has 4 heteroatoms. The molecule has 4 nitrogen and oxygen atoms in total. The quantitative estimate of drug-likeness (QED) is 0.942. The summed E-state index contributed by atoms with van der Waals surface area (Å²) in [7, 11) is 1.62. The number of hydrogen-bond donors (Lipinski definition) is 1. The van der Waals surface area contributed by atoms with E-state index in [2.05, 4.69) is 0 Å². The number of amides is 1. The van der Waals surface area contributed by atoms with Gasteiger partial charge >= 0.3 is 0 Å². The van der Waals surface area contributed by atoms with E-state index >= 15 is 0 Å². The SMILES string of the molecule is COCC1CC(=N)CN1C(=O)c1ccc(-c2ccccc2)cc1. The highest BCUT2D eigenvalue weighted by molar-refractivity contribution is 6.00. The number of carbonyl (C=O) groups is 1. The smallest absolute Gasteiger partial charge is 0.254 e. The largest absolute Gasteiger partial charge is 0.383 e. The van der Waals surface area contributed by atoms with Crippen molar-refractivity contribution in [2.24, 2.45) is 0 Å². The second kappa shape index (κ2) is 6.75. The Hall–Kier alpha value is -2.46. The number of benzene rings is 2. The average molecular weight is 308 g/mol. The zero-order valence-corrected chi connectivity index (χ0v) is 13.2. The molecule has 0 saturated carbocycles. The summed E-state index contributed by atoms with van der Waals surface area (Å²) >= 11 is 0. The average Bonchev–Trinajstić information content (AvgIpc) is 2.96. The predicted octanol–water partition coefficient (Wildman–Crippen LogP) is 3.23. The first-order valence-electron chi connectivity index (χ1n) is 7.70. The lowest BCUT2D eigenvalue weighted by Gasteiger charge is -2.23. The summed E-state index contributed by atoms with van der Waals surface area (Å²) in [6, 6.07) is 17.7. The molecule has 0 aliphatic carbocycles. The molecule has 1 N–H and O–H groups in total. The Labute approximate surface area is 136 Å². The first kappa shape index (κ1) is 15.4. The zero-order valence-electron chi connectivity index (χ0n) is 13.2. The van der Waals surface area contributed by atoms with Crippen LogP contribution in [-0.4, -0.2) is 42.8 Å². The molecule has 1 aliphatic rings. The number of likely N-dealkylation sites (tertiary alicyclic amines) is 1. The molecule has 23 heavy (non-hydrogen) atoms. The lowest BCUT2D eigenvalue weighted by Crippen LogP contribution is -2.38. The third-order valence-corrected chi connectivity index (χ3v) is 4.14. The molecule has 1 atom stereocenters. The first-order chi connectivity index (χ1) is 11.2. The highest BCUT2D eigenvalue weighted by atomic mass is 16.5. The van der Waals surface area contributed by atoms with Gasteiger partial charge in [-0.2, -0.15) is 0 Å². The van der Waals surface area contributed by atoms with Gasteiger partial charge in [0, 0.05) is 24.8 Å². The van der Waals surface area contributed by atoms with Crippen molar-refractivity contribution in [2.45, 2.75) is 12.5 Å². The Morgan fingerprint density at radius 1 is 1.13 bits per heavy atom. The van der Waals surface area contributed by atoms with Crippen LogP contribution in [0.25, 0.3) is 11.1 Å². The van der Waals surface area contributed by atoms with E-state index in [0.29, 0.717) is 30.8 Å². The molecule has 3 rings (SSSR count). The van der Waals surface area contributed by atoms with Crippen LogP contribution in [0.15, 0.2) is 54.6 Å². The maximum Gasteiger partial charge on any atom is 0.254 e. The third-order valence-electron chi connectivity index (χ3n) is 4.14. The van der Waals surface area contributed by atoms with E-state index in [1.165, 1.54) is 0 Å². The van der Waals surface area contributed by atoms with Crippen LogP contribution < -0.4 is 0 Å². The van der Waals surface area contributed by atoms with Crippen LogP contribution in [0.3, 0.4) is 0 Å². The summed E-state index contributed by atoms with van der Waals surface area (Å²) in [6.45, 7) is 0.865. The highest BCUT2D eigenvalue weighted by Crippen LogP contribution is 2.22. The van der Waals surface area contributed by atoms with Crippen LogP contribution in [-0.2, 0) is 4.74 Å². The van der Waals surface area contributed by atoms with Crippen LogP contribution in [0.4, 0.5) is 0 Å². The molecule has 0 bridgehead atoms. The molecule has 1 fully saturated rings. The fraction of sp³-hybridized carbons (Fsp3) is 0.263. The van der Waals surface area contributed by atoms with E-state index in [0.717, 1.165) is 11.1 Å². The van der Waals surface area contributed by atoms with Crippen LogP contribution in [0.5, 0.6) is 0 Å². The van der Waals surface area contributed by atoms with Crippen LogP contribution >= 0.6 is 0 Å². The van der Waals surface area contributed by atoms with Gasteiger partial charge in [-0.15, -0.1) is 0 Å². The van der Waals surface area contributed by atoms with Crippen molar-refractivity contribution < 1.29 is 9.53 Å². The van der Waals surface area contributed by atoms with Gasteiger partial charge in [-0.25, -0.2) is 0 Å². The Kier molecular flexibility index (Phi) is 4.53. The Morgan fingerprint density at radius 2 is 1.78 bits per heavy atom. The molecule has 1 amide bonds. The molecule has 0 aromatic heterocycles. The molecule has 1 aliphatic heterocycles. The first-order valence-corrected chi connectivity index (χ1v) is 7.70. The number of nitrogens with zero attached hydrogens (tertiary/aromatic N) is 1. The van der Waals surface area contributed by atoms with Gasteiger partial charge in [0.25, 0.3) is 5.91 Å². The second-order valence-corrected chi connectivity index (χ2v) is 5.79. The third kappa shape index (κ3) is 3.32. The number of methoxy groups -OCH3 is 1. The van der Waals surface area contributed by atoms with Gasteiger partial charge in [0.2, 0.25) is 0 Å². The molecule has 0 spiro atoms. The molecular weight excluding hydrogens is 288 g/mol. The molecule has 2 aromatic carbocycles. The van der Waals surface area contributed by atoms with E-state index in [-0.39, 0.29) is 11.9 Å². The minimum absolute atomic E-state index is 0.0334. The van der Waals surface area contributed by atoms with Gasteiger partial charge in [-0.1, -0.05) is 42.5 Å². The van der Waals surface area contributed by atoms with Gasteiger partial charge in [0.05, 0.1) is 19.2 Å². The summed E-state index contributed by atoms with van der Waals surface area (Å²) in [6.07, 6.45) is 0.599. The van der Waals surface area contributed by atoms with E-state index in [1.54, 1.807) is 12.0 Å². The lowest BCUT2D eigenvalue weighted by molar-refractivity contribution is 0.0632. The van der Waals surface area contributed by atoms with Crippen molar-refractivity contribution >= 4 is 11.6 Å². The van der Waals surface area contributed by atoms with Gasteiger partial charge in [0.15, 0.2) is 0 Å². The van der Waals surface area contributed by atoms with Gasteiger partial charge in [0.1, 0.15) is 0 Å². The van der Waals surface area contributed by atoms with E-state index in [4.69, 9.17) is 10.1 Å². The fourth-order valence-electron chi connectivity index (χ4n) is 2.97. The zero-order chi connectivity index (χ0) is 16.2. The predicted molar refractivity (Wildman–Crippen MR) is 90.9 cm³/mol. The van der Waals surface area contributed by atoms with Crippen molar-refractivity contribution in [2.75, 3.05) is 20.3 Å². The van der Waals surface area contributed by atoms with Crippen molar-refractivity contribution in [3.05, 3.63) is 60.2 Å². The van der Waals surface area contributed by atoms with Gasteiger partial charge < -0.3 is 15.0 Å². The summed E-state index contributed by atoms with van der Waals surface area (Å²) in [4.78, 5) is 14.4. The van der Waals surface area contributed by atoms with Crippen molar-refractivity contribution in [1.82, 2.24) is 4.90 Å². The molecule has 1 heterocycles. The molecule has 1 saturated heterocycles. The number of nitrogens with one attached hydrogen (secondary N) is 1. The van der Waals surface area contributed by atoms with Crippen LogP contribution in [0.1, 0.15) is 16.8 Å². The molecule has 1 unspecified atom stereocenters. The van der Waals surface area contributed by atoms with Gasteiger partial charge in [-0.05, 0) is 23.3 Å². The Bertz CT molecular complexity index is 695. The number of carbonyl (C=O) groups excluding carboxylic acids is 1. The maximum atomic E-state index is 12.7. The van der Waals surface area contributed by atoms with Crippen LogP contribution in [0, 0.1) is 5.41 Å². The second-order valence-electron chi connectivity index (χ2n) is 5.79. The van der Waals surface area contributed by atoms with E-state index in [1.807, 2.05) is 54.6 Å². The Morgan fingerprint density at radius 3 is 2.43 bits per heavy atom. The Balaban J connectivity index is 1.79. The fourth-order valence-corrected chi connectivity index (χ4v) is 2.97. The monoisotopic (exact) mass is 308 g/mol. The van der Waals surface area contributed by atoms with Crippen molar-refractivity contribution in [3.8, 4) is 11.1 Å². The lowest BCUT2D eigenvalue weighted by atomic mass is 10.0. The summed E-state index contributed by atoms with van der Waals surface area (Å²) in [5, 5.41) is 7.84. The van der Waals surface area contributed by atoms with Crippen molar-refractivity contribution in [3.63, 3.8) is 0 Å². The minimum atomic E-state index is -0.0335. The molecule has 2 aromatic rings. The topological polar surface area (TPSA) is 53.4 Å². The summed E-state index contributed by atoms with van der Waals surface area (Å²) in [5.41, 5.74) is 3.46.